The lowest BCUT2D eigenvalue weighted by Gasteiger charge is -2.39. The third kappa shape index (κ3) is 2.72. The number of hydrogen-bond donors (Lipinski definition) is 1. The molecule has 0 saturated heterocycles. The summed E-state index contributed by atoms with van der Waals surface area (Å²) in [7, 11) is 6.24. The molecule has 0 aromatic carbocycles. The normalized spacial score (nSPS) is 19.5. The van der Waals surface area contributed by atoms with Crippen LogP contribution in [-0.4, -0.2) is 60.2 Å². The van der Waals surface area contributed by atoms with Crippen LogP contribution < -0.4 is 5.32 Å². The number of aromatic nitrogens is 6. The van der Waals surface area contributed by atoms with Gasteiger partial charge in [-0.1, -0.05) is 0 Å². The number of rotatable bonds is 4. The molecule has 1 saturated carbocycles. The molecule has 8 heteroatoms. The van der Waals surface area contributed by atoms with Gasteiger partial charge in [-0.15, -0.1) is 5.10 Å². The lowest BCUT2D eigenvalue weighted by molar-refractivity contribution is 0.177. The molecule has 1 aliphatic rings. The molecule has 0 atom stereocenters. The molecule has 144 valence electrons. The number of fused-ring (bicyclic) bond motifs is 2. The van der Waals surface area contributed by atoms with Gasteiger partial charge < -0.3 is 14.8 Å². The van der Waals surface area contributed by atoms with Crippen molar-refractivity contribution in [3.8, 4) is 11.3 Å². The van der Waals surface area contributed by atoms with Crippen LogP contribution in [0.15, 0.2) is 30.6 Å². The number of hydrogen-bond acceptors (Lipinski definition) is 6. The third-order valence-corrected chi connectivity index (χ3v) is 5.81. The molecule has 4 aromatic rings. The van der Waals surface area contributed by atoms with Crippen molar-refractivity contribution in [1.82, 2.24) is 34.0 Å². The van der Waals surface area contributed by atoms with Crippen molar-refractivity contribution in [2.24, 2.45) is 7.05 Å². The summed E-state index contributed by atoms with van der Waals surface area (Å²) in [5.41, 5.74) is 4.65. The molecule has 4 aromatic heterocycles. The van der Waals surface area contributed by atoms with Gasteiger partial charge in [0.05, 0.1) is 17.4 Å². The first-order chi connectivity index (χ1) is 13.5. The molecule has 0 radical (unpaired) electrons. The highest BCUT2D eigenvalue weighted by molar-refractivity contribution is 5.82. The SMILES string of the molecule is Cc1nc2ccc(-c3ccn4nc(N[C@H]5C[C@@H](N(C)C)C5)ncc34)nc2n1C. The molecule has 0 aliphatic heterocycles. The lowest BCUT2D eigenvalue weighted by Crippen LogP contribution is -2.47. The Morgan fingerprint density at radius 1 is 1.14 bits per heavy atom. The highest BCUT2D eigenvalue weighted by Gasteiger charge is 2.31. The van der Waals surface area contributed by atoms with Crippen molar-refractivity contribution in [3.05, 3.63) is 36.4 Å². The van der Waals surface area contributed by atoms with Crippen LogP contribution in [0.5, 0.6) is 0 Å². The summed E-state index contributed by atoms with van der Waals surface area (Å²) >= 11 is 0. The molecular weight excluding hydrogens is 352 g/mol. The van der Waals surface area contributed by atoms with Crippen molar-refractivity contribution in [3.63, 3.8) is 0 Å². The smallest absolute Gasteiger partial charge is 0.241 e. The number of nitrogens with zero attached hydrogens (tertiary/aromatic N) is 7. The largest absolute Gasteiger partial charge is 0.350 e. The lowest BCUT2D eigenvalue weighted by atomic mass is 9.86. The van der Waals surface area contributed by atoms with E-state index in [1.165, 1.54) is 0 Å². The maximum Gasteiger partial charge on any atom is 0.241 e. The molecule has 1 N–H and O–H groups in total. The van der Waals surface area contributed by atoms with Crippen LogP contribution in [0, 0.1) is 6.92 Å². The van der Waals surface area contributed by atoms with Crippen LogP contribution in [0.3, 0.4) is 0 Å². The zero-order valence-electron chi connectivity index (χ0n) is 16.6. The Morgan fingerprint density at radius 2 is 1.96 bits per heavy atom. The summed E-state index contributed by atoms with van der Waals surface area (Å²) < 4.78 is 3.88. The fourth-order valence-electron chi connectivity index (χ4n) is 3.82. The fraction of sp³-hybridized carbons (Fsp3) is 0.400. The summed E-state index contributed by atoms with van der Waals surface area (Å²) in [6.45, 7) is 1.99. The molecule has 28 heavy (non-hydrogen) atoms. The highest BCUT2D eigenvalue weighted by Crippen LogP contribution is 2.28. The van der Waals surface area contributed by atoms with Crippen LogP contribution >= 0.6 is 0 Å². The monoisotopic (exact) mass is 376 g/mol. The number of aryl methyl sites for hydroxylation is 2. The average Bonchev–Trinajstić information content (AvgIpc) is 3.18. The molecule has 0 spiro atoms. The maximum absolute atomic E-state index is 4.82. The standard InChI is InChI=1S/C20H24N8/c1-12-22-17-6-5-16(24-19(17)27(12)4)15-7-8-28-18(15)11-21-20(25-28)23-13-9-14(10-13)26(2)3/h5-8,11,13-14H,9-10H2,1-4H3,(H,23,25)/t13-,14+. The van der Waals surface area contributed by atoms with E-state index in [0.717, 1.165) is 46.6 Å². The Morgan fingerprint density at radius 3 is 2.75 bits per heavy atom. The Balaban J connectivity index is 1.43. The molecule has 0 unspecified atom stereocenters. The van der Waals surface area contributed by atoms with Crippen LogP contribution in [-0.2, 0) is 7.05 Å². The van der Waals surface area contributed by atoms with E-state index in [4.69, 9.17) is 4.98 Å². The third-order valence-electron chi connectivity index (χ3n) is 5.81. The van der Waals surface area contributed by atoms with E-state index in [-0.39, 0.29) is 0 Å². The van der Waals surface area contributed by atoms with Crippen molar-refractivity contribution in [1.29, 1.82) is 0 Å². The van der Waals surface area contributed by atoms with Gasteiger partial charge in [0.25, 0.3) is 0 Å². The van der Waals surface area contributed by atoms with Gasteiger partial charge in [0.1, 0.15) is 11.3 Å². The van der Waals surface area contributed by atoms with Crippen LogP contribution in [0.2, 0.25) is 0 Å². The minimum absolute atomic E-state index is 0.442. The summed E-state index contributed by atoms with van der Waals surface area (Å²) in [6, 6.07) is 7.15. The van der Waals surface area contributed by atoms with Gasteiger partial charge in [-0.3, -0.25) is 0 Å². The van der Waals surface area contributed by atoms with Crippen LogP contribution in [0.1, 0.15) is 18.7 Å². The van der Waals surface area contributed by atoms with E-state index in [2.05, 4.69) is 39.4 Å². The second kappa shape index (κ2) is 6.27. The molecule has 5 rings (SSSR count). The van der Waals surface area contributed by atoms with Crippen molar-refractivity contribution in [2.75, 3.05) is 19.4 Å². The van der Waals surface area contributed by atoms with Gasteiger partial charge in [0.2, 0.25) is 5.95 Å². The van der Waals surface area contributed by atoms with Crippen molar-refractivity contribution >= 4 is 22.6 Å². The maximum atomic E-state index is 4.82. The van der Waals surface area contributed by atoms with Crippen molar-refractivity contribution < 1.29 is 0 Å². The first-order valence-corrected chi connectivity index (χ1v) is 9.57. The van der Waals surface area contributed by atoms with Gasteiger partial charge in [0.15, 0.2) is 5.65 Å². The summed E-state index contributed by atoms with van der Waals surface area (Å²) in [6.07, 6.45) is 6.08. The van der Waals surface area contributed by atoms with Crippen molar-refractivity contribution in [2.45, 2.75) is 31.8 Å². The zero-order chi connectivity index (χ0) is 19.4. The zero-order valence-corrected chi connectivity index (χ0v) is 16.6. The van der Waals surface area contributed by atoms with E-state index < -0.39 is 0 Å². The second-order valence-corrected chi connectivity index (χ2v) is 7.83. The summed E-state index contributed by atoms with van der Waals surface area (Å²) in [4.78, 5) is 16.2. The molecular formula is C20H24N8. The Hall–Kier alpha value is -3.00. The summed E-state index contributed by atoms with van der Waals surface area (Å²) in [5, 5.41) is 8.07. The number of pyridine rings is 1. The Kier molecular flexibility index (Phi) is 3.83. The summed E-state index contributed by atoms with van der Waals surface area (Å²) in [5.74, 6) is 1.62. The van der Waals surface area contributed by atoms with Gasteiger partial charge in [0, 0.05) is 30.9 Å². The Labute approximate surface area is 163 Å². The van der Waals surface area contributed by atoms with E-state index >= 15 is 0 Å². The predicted molar refractivity (Wildman–Crippen MR) is 109 cm³/mol. The van der Waals surface area contributed by atoms with Gasteiger partial charge >= 0.3 is 0 Å². The van der Waals surface area contributed by atoms with Gasteiger partial charge in [-0.2, -0.15) is 0 Å². The average molecular weight is 376 g/mol. The fourth-order valence-corrected chi connectivity index (χ4v) is 3.82. The molecule has 1 aliphatic carbocycles. The first-order valence-electron chi connectivity index (χ1n) is 9.57. The van der Waals surface area contributed by atoms with Gasteiger partial charge in [-0.25, -0.2) is 19.5 Å². The molecule has 4 heterocycles. The van der Waals surface area contributed by atoms with E-state index in [1.807, 2.05) is 53.6 Å². The highest BCUT2D eigenvalue weighted by atomic mass is 15.3. The van der Waals surface area contributed by atoms with E-state index in [1.54, 1.807) is 0 Å². The predicted octanol–water partition coefficient (Wildman–Crippen LogP) is 2.49. The minimum Gasteiger partial charge on any atom is -0.350 e. The van der Waals surface area contributed by atoms with Gasteiger partial charge in [-0.05, 0) is 52.1 Å². The van der Waals surface area contributed by atoms with E-state index in [9.17, 15) is 0 Å². The molecule has 0 amide bonds. The van der Waals surface area contributed by atoms with Crippen LogP contribution in [0.4, 0.5) is 5.95 Å². The molecule has 8 nitrogen and oxygen atoms in total. The Bertz CT molecular complexity index is 1170. The second-order valence-electron chi connectivity index (χ2n) is 7.83. The van der Waals surface area contributed by atoms with Crippen LogP contribution in [0.25, 0.3) is 27.9 Å². The first kappa shape index (κ1) is 17.1. The topological polar surface area (TPSA) is 76.2 Å². The minimum atomic E-state index is 0.442. The molecule has 0 bridgehead atoms. The number of imidazole rings is 1. The number of anilines is 1. The number of nitrogens with one attached hydrogen (secondary N) is 1. The quantitative estimate of drug-likeness (QED) is 0.590. The van der Waals surface area contributed by atoms with E-state index in [0.29, 0.717) is 18.0 Å². The molecule has 1 fully saturated rings.